The van der Waals surface area contributed by atoms with Crippen LogP contribution in [0.25, 0.3) is 0 Å². The number of aliphatic hydroxyl groups excluding tert-OH is 2. The summed E-state index contributed by atoms with van der Waals surface area (Å²) in [6, 6.07) is 0. The average Bonchev–Trinajstić information content (AvgIpc) is 3.42. The molecule has 1 aliphatic heterocycles. The van der Waals surface area contributed by atoms with Gasteiger partial charge in [-0.05, 0) is 96.3 Å². The highest BCUT2D eigenvalue weighted by Gasteiger charge is 2.50. The van der Waals surface area contributed by atoms with E-state index in [1.807, 2.05) is 24.3 Å². The second-order valence-electron chi connectivity index (χ2n) is 19.2. The van der Waals surface area contributed by atoms with E-state index in [4.69, 9.17) is 23.7 Å². The SMILES string of the molecule is CC/C=C\C/C=C\C/C=C\C/C=C\C/C=C\C/C=C\CCC(=O)OCC(COC1OC(C(=O)O)C(O)C(O)C1OC(=O)CCCCCCCCCCCCC)OC(=O)CCC/C=C\C/C=C\C/C=C\C/C=C\C/C=C\CC. The van der Waals surface area contributed by atoms with E-state index in [1.54, 1.807) is 0 Å². The van der Waals surface area contributed by atoms with E-state index in [-0.39, 0.29) is 25.9 Å². The standard InChI is InChI=1S/C65H100O12/c1-4-7-10-13-16-19-22-24-26-28-29-31-32-34-37-39-42-45-48-51-57(66)73-54-56(75-58(67)52-49-46-43-41-38-35-33-30-27-25-23-20-17-14-11-8-5-2)55-74-65-63(61(70)60(69)62(77-65)64(71)72)76-59(68)53-50-47-44-40-36-21-18-15-12-9-6-3/h7-8,10-11,16-17,19-20,24-27,29,31,33-35,37,41-43,45,56,60-63,65,69-70H,4-6,9,12-15,18,21-23,28,30,32,36,38-40,44,46-55H2,1-3H3,(H,71,72)/b10-7-,11-8-,19-16-,20-17-,26-24-,27-25-,31-29-,35-33-,37-34-,43-41-,45-42-. The van der Waals surface area contributed by atoms with Gasteiger partial charge in [-0.25, -0.2) is 4.79 Å². The van der Waals surface area contributed by atoms with Gasteiger partial charge in [0.15, 0.2) is 24.6 Å². The van der Waals surface area contributed by atoms with Gasteiger partial charge < -0.3 is 39.0 Å². The van der Waals surface area contributed by atoms with Crippen LogP contribution in [0.15, 0.2) is 134 Å². The minimum Gasteiger partial charge on any atom is -0.479 e. The van der Waals surface area contributed by atoms with Crippen LogP contribution in [0, 0.1) is 0 Å². The lowest BCUT2D eigenvalue weighted by Crippen LogP contribution is -2.61. The first-order chi connectivity index (χ1) is 37.6. The van der Waals surface area contributed by atoms with Crippen molar-refractivity contribution in [3.05, 3.63) is 134 Å². The number of hydrogen-bond donors (Lipinski definition) is 3. The van der Waals surface area contributed by atoms with Crippen LogP contribution >= 0.6 is 0 Å². The summed E-state index contributed by atoms with van der Waals surface area (Å²) in [6.45, 7) is 5.62. The lowest BCUT2D eigenvalue weighted by molar-refractivity contribution is -0.301. The smallest absolute Gasteiger partial charge is 0.335 e. The van der Waals surface area contributed by atoms with E-state index in [0.29, 0.717) is 32.1 Å². The first-order valence-corrected chi connectivity index (χ1v) is 29.2. The highest BCUT2D eigenvalue weighted by Crippen LogP contribution is 2.26. The number of aliphatic hydroxyl groups is 2. The predicted molar refractivity (Wildman–Crippen MR) is 312 cm³/mol. The van der Waals surface area contributed by atoms with Gasteiger partial charge in [0.05, 0.1) is 6.61 Å². The van der Waals surface area contributed by atoms with E-state index < -0.39 is 67.3 Å². The molecule has 12 heteroatoms. The van der Waals surface area contributed by atoms with Gasteiger partial charge in [-0.15, -0.1) is 0 Å². The van der Waals surface area contributed by atoms with Crippen molar-refractivity contribution in [3.63, 3.8) is 0 Å². The third-order valence-corrected chi connectivity index (χ3v) is 12.2. The van der Waals surface area contributed by atoms with Crippen LogP contribution in [0.1, 0.15) is 201 Å². The molecule has 12 nitrogen and oxygen atoms in total. The van der Waals surface area contributed by atoms with Crippen molar-refractivity contribution in [2.45, 2.75) is 237 Å². The number of carbonyl (C=O) groups is 4. The maximum atomic E-state index is 13.1. The number of unbranched alkanes of at least 4 members (excludes halogenated alkanes) is 11. The normalized spacial score (nSPS) is 19.0. The number of rotatable bonds is 47. The summed E-state index contributed by atoms with van der Waals surface area (Å²) in [5.41, 5.74) is 0. The summed E-state index contributed by atoms with van der Waals surface area (Å²) in [4.78, 5) is 51.0. The molecular formula is C65H100O12. The fraction of sp³-hybridized carbons (Fsp3) is 0.600. The van der Waals surface area contributed by atoms with E-state index in [0.717, 1.165) is 89.9 Å². The zero-order chi connectivity index (χ0) is 56.1. The maximum absolute atomic E-state index is 13.1. The Kier molecular flexibility index (Phi) is 46.8. The van der Waals surface area contributed by atoms with E-state index in [2.05, 4.69) is 130 Å². The van der Waals surface area contributed by atoms with Crippen LogP contribution in [-0.4, -0.2) is 89.2 Å². The third-order valence-electron chi connectivity index (χ3n) is 12.2. The molecule has 77 heavy (non-hydrogen) atoms. The molecule has 0 spiro atoms. The van der Waals surface area contributed by atoms with Gasteiger partial charge in [-0.1, -0.05) is 219 Å². The molecular weight excluding hydrogens is 973 g/mol. The van der Waals surface area contributed by atoms with Crippen molar-refractivity contribution in [1.82, 2.24) is 0 Å². The Morgan fingerprint density at radius 2 is 0.844 bits per heavy atom. The van der Waals surface area contributed by atoms with Crippen LogP contribution in [0.4, 0.5) is 0 Å². The number of allylic oxidation sites excluding steroid dienone is 22. The number of ether oxygens (including phenoxy) is 5. The number of carboxylic acids is 1. The summed E-state index contributed by atoms with van der Waals surface area (Å²) in [7, 11) is 0. The molecule has 1 saturated heterocycles. The summed E-state index contributed by atoms with van der Waals surface area (Å²) in [5.74, 6) is -3.33. The van der Waals surface area contributed by atoms with Crippen molar-refractivity contribution < 1.29 is 58.2 Å². The molecule has 6 atom stereocenters. The van der Waals surface area contributed by atoms with Gasteiger partial charge in [0.25, 0.3) is 0 Å². The molecule has 0 radical (unpaired) electrons. The largest absolute Gasteiger partial charge is 0.479 e. The maximum Gasteiger partial charge on any atom is 0.335 e. The Balaban J connectivity index is 2.79. The zero-order valence-corrected chi connectivity index (χ0v) is 47.4. The Bertz CT molecular complexity index is 1850. The molecule has 0 bridgehead atoms. The summed E-state index contributed by atoms with van der Waals surface area (Å²) >= 11 is 0. The van der Waals surface area contributed by atoms with Crippen molar-refractivity contribution in [3.8, 4) is 0 Å². The number of carboxylic acid groups (broad SMARTS) is 1. The van der Waals surface area contributed by atoms with Gasteiger partial charge in [0.1, 0.15) is 18.8 Å². The summed E-state index contributed by atoms with van der Waals surface area (Å²) in [6.07, 6.45) is 60.2. The fourth-order valence-electron chi connectivity index (χ4n) is 7.84. The van der Waals surface area contributed by atoms with E-state index in [1.165, 1.54) is 38.5 Å². The van der Waals surface area contributed by atoms with Gasteiger partial charge in [-0.3, -0.25) is 14.4 Å². The lowest BCUT2D eigenvalue weighted by Gasteiger charge is -2.40. The van der Waals surface area contributed by atoms with Gasteiger partial charge in [-0.2, -0.15) is 0 Å². The van der Waals surface area contributed by atoms with Gasteiger partial charge in [0.2, 0.25) is 0 Å². The second kappa shape index (κ2) is 51.6. The quantitative estimate of drug-likeness (QED) is 0.0228. The number of aliphatic carboxylic acids is 1. The van der Waals surface area contributed by atoms with Crippen LogP contribution in [0.5, 0.6) is 0 Å². The zero-order valence-electron chi connectivity index (χ0n) is 47.4. The first kappa shape index (κ1) is 69.9. The molecule has 1 rings (SSSR count). The molecule has 0 saturated carbocycles. The topological polar surface area (TPSA) is 175 Å². The Labute approximate surface area is 464 Å². The first-order valence-electron chi connectivity index (χ1n) is 29.2. The summed E-state index contributed by atoms with van der Waals surface area (Å²) in [5, 5.41) is 31.4. The third kappa shape index (κ3) is 41.6. The molecule has 0 amide bonds. The molecule has 0 aromatic heterocycles. The minimum absolute atomic E-state index is 0.0415. The van der Waals surface area contributed by atoms with Crippen LogP contribution < -0.4 is 0 Å². The molecule has 0 aromatic carbocycles. The van der Waals surface area contributed by atoms with Crippen molar-refractivity contribution in [1.29, 1.82) is 0 Å². The molecule has 3 N–H and O–H groups in total. The highest BCUT2D eigenvalue weighted by atomic mass is 16.7. The molecule has 432 valence electrons. The predicted octanol–water partition coefficient (Wildman–Crippen LogP) is 15.0. The summed E-state index contributed by atoms with van der Waals surface area (Å²) < 4.78 is 28.2. The minimum atomic E-state index is -1.93. The van der Waals surface area contributed by atoms with Gasteiger partial charge in [0, 0.05) is 19.3 Å². The molecule has 0 aliphatic carbocycles. The average molecular weight is 1070 g/mol. The fourth-order valence-corrected chi connectivity index (χ4v) is 7.84. The second-order valence-corrected chi connectivity index (χ2v) is 19.2. The molecule has 1 heterocycles. The van der Waals surface area contributed by atoms with Gasteiger partial charge >= 0.3 is 23.9 Å². The van der Waals surface area contributed by atoms with Crippen LogP contribution in [0.2, 0.25) is 0 Å². The van der Waals surface area contributed by atoms with Crippen molar-refractivity contribution >= 4 is 23.9 Å². The molecule has 0 aromatic rings. The number of carbonyl (C=O) groups excluding carboxylic acids is 3. The molecule has 1 fully saturated rings. The van der Waals surface area contributed by atoms with Crippen molar-refractivity contribution in [2.75, 3.05) is 13.2 Å². The van der Waals surface area contributed by atoms with E-state index >= 15 is 0 Å². The molecule has 6 unspecified atom stereocenters. The van der Waals surface area contributed by atoms with Crippen LogP contribution in [0.3, 0.4) is 0 Å². The molecule has 1 aliphatic rings. The Hall–Kier alpha value is -5.14. The number of hydrogen-bond acceptors (Lipinski definition) is 11. The number of esters is 3. The van der Waals surface area contributed by atoms with Crippen LogP contribution in [-0.2, 0) is 42.9 Å². The Morgan fingerprint density at radius 1 is 0.442 bits per heavy atom. The van der Waals surface area contributed by atoms with Crippen molar-refractivity contribution in [2.24, 2.45) is 0 Å². The van der Waals surface area contributed by atoms with E-state index in [9.17, 15) is 34.5 Å². The Morgan fingerprint density at radius 3 is 1.29 bits per heavy atom. The lowest BCUT2D eigenvalue weighted by atomic mass is 9.98. The monoisotopic (exact) mass is 1070 g/mol. The highest BCUT2D eigenvalue weighted by molar-refractivity contribution is 5.74.